The predicted molar refractivity (Wildman–Crippen MR) is 58.1 cm³/mol. The second kappa shape index (κ2) is 5.63. The third-order valence-corrected chi connectivity index (χ3v) is 1.49. The van der Waals surface area contributed by atoms with E-state index in [1.165, 1.54) is 5.56 Å². The van der Waals surface area contributed by atoms with Crippen LogP contribution < -0.4 is 0 Å². The Hall–Kier alpha value is -0.980. The molecule has 0 radical (unpaired) electrons. The van der Waals surface area contributed by atoms with Crippen molar-refractivity contribution in [1.29, 1.82) is 0 Å². The number of phenolic OH excluding ortho intramolecular Hbond substituents is 1. The molecule has 1 aromatic carbocycles. The molecule has 1 nitrogen and oxygen atoms in total. The first-order valence-corrected chi connectivity index (χ1v) is 4.69. The normalized spacial score (nSPS) is 9.38. The number of aromatic hydroxyl groups is 1. The Morgan fingerprint density at radius 1 is 1.00 bits per heavy atom. The molecule has 0 unspecified atom stereocenters. The average Bonchev–Trinajstić information content (AvgIpc) is 1.96. The van der Waals surface area contributed by atoms with Crippen molar-refractivity contribution in [2.45, 2.75) is 34.6 Å². The molecule has 0 saturated heterocycles. The molecule has 0 saturated carbocycles. The molecule has 0 aliphatic heterocycles. The Balaban J connectivity index is 0.000000310. The number of aryl methyl sites for hydroxylation is 2. The minimum Gasteiger partial charge on any atom is -0.508 e. The molecule has 0 amide bonds. The van der Waals surface area contributed by atoms with E-state index in [0.717, 1.165) is 11.5 Å². The van der Waals surface area contributed by atoms with E-state index in [9.17, 15) is 0 Å². The monoisotopic (exact) mass is 180 g/mol. The predicted octanol–water partition coefficient (Wildman–Crippen LogP) is 3.67. The molecular formula is C12H20O. The van der Waals surface area contributed by atoms with Gasteiger partial charge in [-0.05, 0) is 43.0 Å². The molecule has 13 heavy (non-hydrogen) atoms. The van der Waals surface area contributed by atoms with Gasteiger partial charge in [-0.25, -0.2) is 0 Å². The second-order valence-electron chi connectivity index (χ2n) is 4.00. The summed E-state index contributed by atoms with van der Waals surface area (Å²) in [4.78, 5) is 0. The van der Waals surface area contributed by atoms with Crippen molar-refractivity contribution in [2.75, 3.05) is 0 Å². The van der Waals surface area contributed by atoms with E-state index in [1.54, 1.807) is 12.1 Å². The number of phenols is 1. The van der Waals surface area contributed by atoms with Crippen LogP contribution in [-0.2, 0) is 0 Å². The third-order valence-electron chi connectivity index (χ3n) is 1.49. The summed E-state index contributed by atoms with van der Waals surface area (Å²) in [7, 11) is 0. The molecule has 0 atom stereocenters. The summed E-state index contributed by atoms with van der Waals surface area (Å²) in [5.74, 6) is 1.18. The number of benzene rings is 1. The van der Waals surface area contributed by atoms with Gasteiger partial charge < -0.3 is 5.11 Å². The fourth-order valence-electron chi connectivity index (χ4n) is 0.726. The Morgan fingerprint density at radius 2 is 1.46 bits per heavy atom. The van der Waals surface area contributed by atoms with Crippen LogP contribution in [0.15, 0.2) is 18.2 Å². The molecular weight excluding hydrogens is 160 g/mol. The van der Waals surface area contributed by atoms with E-state index in [2.05, 4.69) is 20.8 Å². The van der Waals surface area contributed by atoms with Crippen molar-refractivity contribution >= 4 is 0 Å². The summed E-state index contributed by atoms with van der Waals surface area (Å²) in [5.41, 5.74) is 2.35. The van der Waals surface area contributed by atoms with Crippen molar-refractivity contribution in [3.8, 4) is 5.75 Å². The SMILES string of the molecule is CC(C)C.Cc1ccc(O)cc1C. The molecule has 0 fully saturated rings. The maximum absolute atomic E-state index is 8.94. The van der Waals surface area contributed by atoms with Gasteiger partial charge in [-0.1, -0.05) is 26.8 Å². The summed E-state index contributed by atoms with van der Waals surface area (Å²) in [6.07, 6.45) is 0. The van der Waals surface area contributed by atoms with Gasteiger partial charge in [-0.15, -0.1) is 0 Å². The van der Waals surface area contributed by atoms with Crippen LogP contribution in [-0.4, -0.2) is 5.11 Å². The Labute approximate surface area is 81.4 Å². The van der Waals surface area contributed by atoms with Gasteiger partial charge in [-0.3, -0.25) is 0 Å². The molecule has 74 valence electrons. The van der Waals surface area contributed by atoms with E-state index in [1.807, 2.05) is 19.9 Å². The molecule has 1 heteroatoms. The standard InChI is InChI=1S/C8H10O.C4H10/c1-6-3-4-8(9)5-7(6)2;1-4(2)3/h3-5,9H,1-2H3;4H,1-3H3. The Morgan fingerprint density at radius 3 is 1.77 bits per heavy atom. The van der Waals surface area contributed by atoms with E-state index >= 15 is 0 Å². The largest absolute Gasteiger partial charge is 0.508 e. The summed E-state index contributed by atoms with van der Waals surface area (Å²) in [5, 5.41) is 8.94. The van der Waals surface area contributed by atoms with Gasteiger partial charge in [0.1, 0.15) is 5.75 Å². The van der Waals surface area contributed by atoms with Crippen molar-refractivity contribution in [2.24, 2.45) is 5.92 Å². The molecule has 0 aromatic heterocycles. The minimum atomic E-state index is 0.345. The van der Waals surface area contributed by atoms with Gasteiger partial charge >= 0.3 is 0 Å². The van der Waals surface area contributed by atoms with E-state index in [0.29, 0.717) is 5.75 Å². The van der Waals surface area contributed by atoms with E-state index in [-0.39, 0.29) is 0 Å². The highest BCUT2D eigenvalue weighted by atomic mass is 16.3. The fourth-order valence-corrected chi connectivity index (χ4v) is 0.726. The van der Waals surface area contributed by atoms with Crippen LogP contribution in [0.25, 0.3) is 0 Å². The Kier molecular flexibility index (Phi) is 5.20. The van der Waals surface area contributed by atoms with Crippen LogP contribution in [0.4, 0.5) is 0 Å². The first kappa shape index (κ1) is 12.0. The summed E-state index contributed by atoms with van der Waals surface area (Å²) in [6, 6.07) is 5.36. The van der Waals surface area contributed by atoms with Crippen molar-refractivity contribution in [1.82, 2.24) is 0 Å². The molecule has 0 bridgehead atoms. The summed E-state index contributed by atoms with van der Waals surface area (Å²) >= 11 is 0. The van der Waals surface area contributed by atoms with Gasteiger partial charge in [0.2, 0.25) is 0 Å². The van der Waals surface area contributed by atoms with Crippen LogP contribution in [0.1, 0.15) is 31.9 Å². The highest BCUT2D eigenvalue weighted by Gasteiger charge is 1.90. The zero-order chi connectivity index (χ0) is 10.4. The van der Waals surface area contributed by atoms with Gasteiger partial charge in [0.05, 0.1) is 0 Å². The average molecular weight is 180 g/mol. The first-order chi connectivity index (χ1) is 5.93. The highest BCUT2D eigenvalue weighted by molar-refractivity contribution is 5.32. The molecule has 1 rings (SSSR count). The van der Waals surface area contributed by atoms with Crippen molar-refractivity contribution in [3.05, 3.63) is 29.3 Å². The lowest BCUT2D eigenvalue weighted by Gasteiger charge is -1.97. The summed E-state index contributed by atoms with van der Waals surface area (Å²) in [6.45, 7) is 10.5. The lowest BCUT2D eigenvalue weighted by molar-refractivity contribution is 0.474. The van der Waals surface area contributed by atoms with Crippen LogP contribution in [0.3, 0.4) is 0 Å². The maximum atomic E-state index is 8.94. The lowest BCUT2D eigenvalue weighted by Crippen LogP contribution is -1.76. The number of rotatable bonds is 0. The topological polar surface area (TPSA) is 20.2 Å². The zero-order valence-corrected chi connectivity index (χ0v) is 9.26. The first-order valence-electron chi connectivity index (χ1n) is 4.69. The zero-order valence-electron chi connectivity index (χ0n) is 9.26. The molecule has 0 heterocycles. The van der Waals surface area contributed by atoms with Crippen molar-refractivity contribution < 1.29 is 5.11 Å². The quantitative estimate of drug-likeness (QED) is 0.646. The van der Waals surface area contributed by atoms with E-state index < -0.39 is 0 Å². The van der Waals surface area contributed by atoms with Crippen molar-refractivity contribution in [3.63, 3.8) is 0 Å². The van der Waals surface area contributed by atoms with Gasteiger partial charge in [0, 0.05) is 0 Å². The minimum absolute atomic E-state index is 0.345. The van der Waals surface area contributed by atoms with Crippen LogP contribution >= 0.6 is 0 Å². The number of hydrogen-bond donors (Lipinski definition) is 1. The fraction of sp³-hybridized carbons (Fsp3) is 0.500. The molecule has 0 spiro atoms. The maximum Gasteiger partial charge on any atom is 0.115 e. The van der Waals surface area contributed by atoms with Crippen LogP contribution in [0, 0.1) is 19.8 Å². The van der Waals surface area contributed by atoms with Gasteiger partial charge in [-0.2, -0.15) is 0 Å². The second-order valence-corrected chi connectivity index (χ2v) is 4.00. The molecule has 1 N–H and O–H groups in total. The van der Waals surface area contributed by atoms with E-state index in [4.69, 9.17) is 5.11 Å². The lowest BCUT2D eigenvalue weighted by atomic mass is 10.1. The summed E-state index contributed by atoms with van der Waals surface area (Å²) < 4.78 is 0. The van der Waals surface area contributed by atoms with Crippen LogP contribution in [0.5, 0.6) is 5.75 Å². The molecule has 0 aliphatic rings. The molecule has 0 aliphatic carbocycles. The van der Waals surface area contributed by atoms with Gasteiger partial charge in [0.25, 0.3) is 0 Å². The Bertz CT molecular complexity index is 249. The number of hydrogen-bond acceptors (Lipinski definition) is 1. The van der Waals surface area contributed by atoms with Gasteiger partial charge in [0.15, 0.2) is 0 Å². The third kappa shape index (κ3) is 6.21. The highest BCUT2D eigenvalue weighted by Crippen LogP contribution is 2.13. The smallest absolute Gasteiger partial charge is 0.115 e. The van der Waals surface area contributed by atoms with Crippen LogP contribution in [0.2, 0.25) is 0 Å². The molecule has 1 aromatic rings.